The highest BCUT2D eigenvalue weighted by molar-refractivity contribution is 7.99. The topological polar surface area (TPSA) is 68.4 Å². The van der Waals surface area contributed by atoms with Crippen LogP contribution in [0.2, 0.25) is 0 Å². The molecular formula is C17H22N2O3S. The number of aryl methyl sites for hydroxylation is 2. The van der Waals surface area contributed by atoms with Crippen molar-refractivity contribution >= 4 is 11.8 Å². The van der Waals surface area contributed by atoms with Gasteiger partial charge in [0, 0.05) is 5.25 Å². The summed E-state index contributed by atoms with van der Waals surface area (Å²) in [5.74, 6) is 1.29. The van der Waals surface area contributed by atoms with E-state index >= 15 is 0 Å². The zero-order chi connectivity index (χ0) is 16.2. The number of aliphatic hydroxyl groups is 1. The lowest BCUT2D eigenvalue weighted by molar-refractivity contribution is 0.136. The molecule has 0 aliphatic heterocycles. The maximum Gasteiger partial charge on any atom is 0.277 e. The molecule has 1 N–H and O–H groups in total. The normalized spacial score (nSPS) is 21.3. The lowest BCUT2D eigenvalue weighted by Crippen LogP contribution is -2.26. The van der Waals surface area contributed by atoms with Crippen molar-refractivity contribution in [3.8, 4) is 5.75 Å². The van der Waals surface area contributed by atoms with E-state index in [1.54, 1.807) is 0 Å². The molecule has 5 nitrogen and oxygen atoms in total. The number of thioether (sulfide) groups is 1. The van der Waals surface area contributed by atoms with Gasteiger partial charge in [-0.1, -0.05) is 36.7 Å². The van der Waals surface area contributed by atoms with E-state index in [-0.39, 0.29) is 18.0 Å². The molecule has 0 bridgehead atoms. The molecule has 0 spiro atoms. The summed E-state index contributed by atoms with van der Waals surface area (Å²) in [5, 5.41) is 18.8. The van der Waals surface area contributed by atoms with Crippen LogP contribution < -0.4 is 4.74 Å². The minimum Gasteiger partial charge on any atom is -0.484 e. The van der Waals surface area contributed by atoms with Crippen molar-refractivity contribution in [1.82, 2.24) is 10.2 Å². The maximum atomic E-state index is 10.0. The molecular weight excluding hydrogens is 312 g/mol. The molecule has 0 amide bonds. The molecule has 2 atom stereocenters. The minimum atomic E-state index is -0.282. The van der Waals surface area contributed by atoms with Crippen LogP contribution in [0, 0.1) is 13.8 Å². The van der Waals surface area contributed by atoms with E-state index in [9.17, 15) is 5.11 Å². The highest BCUT2D eigenvalue weighted by Crippen LogP contribution is 2.33. The molecule has 1 heterocycles. The Morgan fingerprint density at radius 2 is 2.09 bits per heavy atom. The summed E-state index contributed by atoms with van der Waals surface area (Å²) >= 11 is 1.47. The predicted octanol–water partition coefficient (Wildman–Crippen LogP) is 3.66. The predicted molar refractivity (Wildman–Crippen MR) is 88.7 cm³/mol. The van der Waals surface area contributed by atoms with Gasteiger partial charge in [0.05, 0.1) is 6.10 Å². The third-order valence-electron chi connectivity index (χ3n) is 4.06. The fraction of sp³-hybridized carbons (Fsp3) is 0.529. The molecule has 1 saturated carbocycles. The number of benzene rings is 1. The number of aromatic nitrogens is 2. The molecule has 1 aromatic heterocycles. The van der Waals surface area contributed by atoms with Gasteiger partial charge in [-0.3, -0.25) is 0 Å². The number of hydrogen-bond donors (Lipinski definition) is 1. The Bertz CT molecular complexity index is 659. The van der Waals surface area contributed by atoms with Gasteiger partial charge < -0.3 is 14.3 Å². The van der Waals surface area contributed by atoms with Crippen molar-refractivity contribution in [1.29, 1.82) is 0 Å². The van der Waals surface area contributed by atoms with Crippen LogP contribution in [0.3, 0.4) is 0 Å². The number of nitrogens with zero attached hydrogens (tertiary/aromatic N) is 2. The minimum absolute atomic E-state index is 0.150. The van der Waals surface area contributed by atoms with E-state index in [4.69, 9.17) is 9.15 Å². The van der Waals surface area contributed by atoms with Crippen LogP contribution in [-0.2, 0) is 6.61 Å². The Morgan fingerprint density at radius 3 is 2.91 bits per heavy atom. The average molecular weight is 334 g/mol. The average Bonchev–Trinajstić information content (AvgIpc) is 2.98. The summed E-state index contributed by atoms with van der Waals surface area (Å²) in [5.41, 5.74) is 2.23. The van der Waals surface area contributed by atoms with Crippen LogP contribution in [0.15, 0.2) is 27.8 Å². The molecule has 0 saturated heterocycles. The molecule has 2 aromatic rings. The summed E-state index contributed by atoms with van der Waals surface area (Å²) in [6, 6.07) is 6.09. The molecule has 2 unspecified atom stereocenters. The van der Waals surface area contributed by atoms with Crippen LogP contribution in [0.1, 0.15) is 42.7 Å². The number of aliphatic hydroxyl groups excluding tert-OH is 1. The second-order valence-corrected chi connectivity index (χ2v) is 7.22. The third-order valence-corrected chi connectivity index (χ3v) is 5.28. The quantitative estimate of drug-likeness (QED) is 0.900. The van der Waals surface area contributed by atoms with Gasteiger partial charge in [0.25, 0.3) is 11.1 Å². The Labute approximate surface area is 140 Å². The molecule has 1 aromatic carbocycles. The molecule has 23 heavy (non-hydrogen) atoms. The SMILES string of the molecule is Cc1ccc(C)c(OCc2nnc(SC3CCCCC3O)o2)c1. The van der Waals surface area contributed by atoms with E-state index in [0.29, 0.717) is 11.1 Å². The molecule has 6 heteroatoms. The van der Waals surface area contributed by atoms with Gasteiger partial charge in [0.15, 0.2) is 6.61 Å². The van der Waals surface area contributed by atoms with Crippen molar-refractivity contribution < 1.29 is 14.3 Å². The fourth-order valence-electron chi connectivity index (χ4n) is 2.69. The number of rotatable bonds is 5. The van der Waals surface area contributed by atoms with Crippen LogP contribution in [0.25, 0.3) is 0 Å². The van der Waals surface area contributed by atoms with Gasteiger partial charge in [0.2, 0.25) is 0 Å². The number of hydrogen-bond acceptors (Lipinski definition) is 6. The molecule has 1 aliphatic rings. The Kier molecular flexibility index (Phi) is 5.23. The van der Waals surface area contributed by atoms with E-state index in [0.717, 1.165) is 42.6 Å². The zero-order valence-electron chi connectivity index (χ0n) is 13.5. The number of ether oxygens (including phenoxy) is 1. The Hall–Kier alpha value is -1.53. The van der Waals surface area contributed by atoms with Crippen molar-refractivity contribution in [3.05, 3.63) is 35.2 Å². The first-order chi connectivity index (χ1) is 11.1. The first-order valence-electron chi connectivity index (χ1n) is 7.99. The standard InChI is InChI=1S/C17H22N2O3S/c1-11-7-8-12(2)14(9-11)21-10-16-18-19-17(22-16)23-15-6-4-3-5-13(15)20/h7-9,13,15,20H,3-6,10H2,1-2H3. The smallest absolute Gasteiger partial charge is 0.277 e. The van der Waals surface area contributed by atoms with Gasteiger partial charge >= 0.3 is 0 Å². The van der Waals surface area contributed by atoms with E-state index in [1.807, 2.05) is 26.0 Å². The molecule has 1 fully saturated rings. The van der Waals surface area contributed by atoms with Crippen LogP contribution in [0.5, 0.6) is 5.75 Å². The van der Waals surface area contributed by atoms with Crippen molar-refractivity contribution in [2.45, 2.75) is 62.7 Å². The van der Waals surface area contributed by atoms with E-state index < -0.39 is 0 Å². The lowest BCUT2D eigenvalue weighted by Gasteiger charge is -2.25. The summed E-state index contributed by atoms with van der Waals surface area (Å²) in [6.45, 7) is 4.29. The third kappa shape index (κ3) is 4.26. The van der Waals surface area contributed by atoms with Crippen LogP contribution in [0.4, 0.5) is 0 Å². The van der Waals surface area contributed by atoms with Gasteiger partial charge in [0.1, 0.15) is 5.75 Å². The van der Waals surface area contributed by atoms with E-state index in [1.165, 1.54) is 11.8 Å². The molecule has 124 valence electrons. The lowest BCUT2D eigenvalue weighted by atomic mass is 9.97. The monoisotopic (exact) mass is 334 g/mol. The molecule has 1 aliphatic carbocycles. The van der Waals surface area contributed by atoms with Crippen molar-refractivity contribution in [2.75, 3.05) is 0 Å². The summed E-state index contributed by atoms with van der Waals surface area (Å²) < 4.78 is 11.4. The van der Waals surface area contributed by atoms with Crippen molar-refractivity contribution in [2.24, 2.45) is 0 Å². The van der Waals surface area contributed by atoms with E-state index in [2.05, 4.69) is 16.3 Å². The largest absolute Gasteiger partial charge is 0.484 e. The Morgan fingerprint density at radius 1 is 1.26 bits per heavy atom. The molecule has 3 rings (SSSR count). The zero-order valence-corrected chi connectivity index (χ0v) is 14.3. The van der Waals surface area contributed by atoms with Gasteiger partial charge in [-0.05, 0) is 43.9 Å². The second kappa shape index (κ2) is 7.36. The first kappa shape index (κ1) is 16.3. The highest BCUT2D eigenvalue weighted by Gasteiger charge is 2.26. The highest BCUT2D eigenvalue weighted by atomic mass is 32.2. The van der Waals surface area contributed by atoms with Crippen LogP contribution in [-0.4, -0.2) is 26.7 Å². The molecule has 0 radical (unpaired) electrons. The fourth-order valence-corrected chi connectivity index (χ4v) is 3.76. The summed E-state index contributed by atoms with van der Waals surface area (Å²) in [4.78, 5) is 0. The summed E-state index contributed by atoms with van der Waals surface area (Å²) in [6.07, 6.45) is 3.80. The van der Waals surface area contributed by atoms with Crippen molar-refractivity contribution in [3.63, 3.8) is 0 Å². The second-order valence-electron chi connectivity index (χ2n) is 6.03. The Balaban J connectivity index is 1.58. The maximum absolute atomic E-state index is 10.0. The van der Waals surface area contributed by atoms with Crippen LogP contribution >= 0.6 is 11.8 Å². The van der Waals surface area contributed by atoms with Gasteiger partial charge in [-0.25, -0.2) is 0 Å². The van der Waals surface area contributed by atoms with Gasteiger partial charge in [-0.15, -0.1) is 10.2 Å². The summed E-state index contributed by atoms with van der Waals surface area (Å²) in [7, 11) is 0. The first-order valence-corrected chi connectivity index (χ1v) is 8.87. The van der Waals surface area contributed by atoms with Gasteiger partial charge in [-0.2, -0.15) is 0 Å².